The van der Waals surface area contributed by atoms with Gasteiger partial charge in [-0.1, -0.05) is 60.7 Å². The monoisotopic (exact) mass is 308 g/mol. The lowest BCUT2D eigenvalue weighted by atomic mass is 10.2. The van der Waals surface area contributed by atoms with E-state index in [4.69, 9.17) is 14.9 Å². The number of carbonyl (C=O) groups is 1. The summed E-state index contributed by atoms with van der Waals surface area (Å²) in [4.78, 5) is 16.3. The van der Waals surface area contributed by atoms with Crippen molar-refractivity contribution < 1.29 is 13.9 Å². The molecule has 0 aliphatic heterocycles. The molecule has 1 unspecified atom stereocenters. The summed E-state index contributed by atoms with van der Waals surface area (Å²) in [7, 11) is 0. The van der Waals surface area contributed by atoms with Crippen LogP contribution in [0.3, 0.4) is 0 Å². The smallest absolute Gasteiger partial charge is 0.332 e. The van der Waals surface area contributed by atoms with Gasteiger partial charge in [0.05, 0.1) is 0 Å². The number of oxazole rings is 1. The van der Waals surface area contributed by atoms with E-state index in [2.05, 4.69) is 4.98 Å². The Morgan fingerprint density at radius 1 is 1.09 bits per heavy atom. The first-order chi connectivity index (χ1) is 11.2. The van der Waals surface area contributed by atoms with E-state index in [1.54, 1.807) is 0 Å². The summed E-state index contributed by atoms with van der Waals surface area (Å²) in [6.07, 6.45) is 1.48. The summed E-state index contributed by atoms with van der Waals surface area (Å²) in [5.74, 6) is -0.433. The van der Waals surface area contributed by atoms with Crippen molar-refractivity contribution in [1.29, 1.82) is 0 Å². The molecule has 2 aromatic carbocycles. The zero-order valence-corrected chi connectivity index (χ0v) is 12.4. The van der Waals surface area contributed by atoms with E-state index in [9.17, 15) is 4.79 Å². The summed E-state index contributed by atoms with van der Waals surface area (Å²) < 4.78 is 10.5. The van der Waals surface area contributed by atoms with Crippen LogP contribution >= 0.6 is 0 Å². The molecule has 0 saturated heterocycles. The van der Waals surface area contributed by atoms with Gasteiger partial charge in [-0.3, -0.25) is 0 Å². The fraction of sp³-hybridized carbons (Fsp3) is 0.111. The van der Waals surface area contributed by atoms with Gasteiger partial charge < -0.3 is 14.9 Å². The summed E-state index contributed by atoms with van der Waals surface area (Å²) in [6, 6.07) is 17.9. The molecule has 3 rings (SSSR count). The molecule has 0 saturated carbocycles. The fourth-order valence-corrected chi connectivity index (χ4v) is 2.09. The molecule has 0 aliphatic carbocycles. The zero-order chi connectivity index (χ0) is 16.1. The van der Waals surface area contributed by atoms with Gasteiger partial charge in [-0.2, -0.15) is 0 Å². The lowest BCUT2D eigenvalue weighted by Gasteiger charge is -2.08. The van der Waals surface area contributed by atoms with E-state index in [-0.39, 0.29) is 12.5 Å². The van der Waals surface area contributed by atoms with Crippen LogP contribution in [0.1, 0.15) is 17.5 Å². The van der Waals surface area contributed by atoms with Crippen LogP contribution in [0.4, 0.5) is 0 Å². The number of rotatable bonds is 5. The topological polar surface area (TPSA) is 78.4 Å². The van der Waals surface area contributed by atoms with Gasteiger partial charge in [0, 0.05) is 5.56 Å². The molecule has 0 bridgehead atoms. The maximum atomic E-state index is 12.0. The minimum atomic E-state index is -1.05. The predicted molar refractivity (Wildman–Crippen MR) is 85.1 cm³/mol. The van der Waals surface area contributed by atoms with Gasteiger partial charge >= 0.3 is 5.97 Å². The summed E-state index contributed by atoms with van der Waals surface area (Å²) in [6.45, 7) is 0.166. The average molecular weight is 308 g/mol. The highest BCUT2D eigenvalue weighted by atomic mass is 16.5. The lowest BCUT2D eigenvalue weighted by molar-refractivity contribution is -0.147. The Bertz CT molecular complexity index is 769. The number of esters is 1. The molecule has 5 nitrogen and oxygen atoms in total. The largest absolute Gasteiger partial charge is 0.459 e. The van der Waals surface area contributed by atoms with Crippen molar-refractivity contribution in [1.82, 2.24) is 4.98 Å². The van der Waals surface area contributed by atoms with Gasteiger partial charge in [0.1, 0.15) is 18.6 Å². The molecule has 2 N–H and O–H groups in total. The number of aromatic nitrogens is 1. The SMILES string of the molecule is NC(C(=O)OCc1ccccc1)c1nc(-c2ccccc2)co1. The molecule has 0 amide bonds. The van der Waals surface area contributed by atoms with Gasteiger partial charge in [-0.25, -0.2) is 9.78 Å². The Kier molecular flexibility index (Phi) is 4.49. The van der Waals surface area contributed by atoms with E-state index in [0.29, 0.717) is 5.69 Å². The first-order valence-corrected chi connectivity index (χ1v) is 7.21. The molecular weight excluding hydrogens is 292 g/mol. The predicted octanol–water partition coefficient (Wildman–Crippen LogP) is 3.08. The van der Waals surface area contributed by atoms with Crippen molar-refractivity contribution in [3.63, 3.8) is 0 Å². The van der Waals surface area contributed by atoms with E-state index < -0.39 is 12.0 Å². The second kappa shape index (κ2) is 6.89. The van der Waals surface area contributed by atoms with Gasteiger partial charge in [0.2, 0.25) is 5.89 Å². The van der Waals surface area contributed by atoms with Gasteiger partial charge in [-0.15, -0.1) is 0 Å². The van der Waals surface area contributed by atoms with Gasteiger partial charge in [-0.05, 0) is 5.56 Å². The van der Waals surface area contributed by atoms with Crippen molar-refractivity contribution in [3.8, 4) is 11.3 Å². The number of hydrogen-bond acceptors (Lipinski definition) is 5. The molecule has 1 heterocycles. The van der Waals surface area contributed by atoms with Crippen molar-refractivity contribution in [2.45, 2.75) is 12.6 Å². The van der Waals surface area contributed by atoms with Crippen LogP contribution in [0, 0.1) is 0 Å². The number of hydrogen-bond donors (Lipinski definition) is 1. The number of nitrogens with two attached hydrogens (primary N) is 1. The van der Waals surface area contributed by atoms with Crippen LogP contribution in [0.15, 0.2) is 71.3 Å². The normalized spacial score (nSPS) is 11.9. The molecule has 0 spiro atoms. The van der Waals surface area contributed by atoms with E-state index >= 15 is 0 Å². The molecule has 23 heavy (non-hydrogen) atoms. The highest BCUT2D eigenvalue weighted by Crippen LogP contribution is 2.21. The molecule has 1 atom stereocenters. The second-order valence-corrected chi connectivity index (χ2v) is 5.01. The van der Waals surface area contributed by atoms with Crippen molar-refractivity contribution in [2.24, 2.45) is 5.73 Å². The molecule has 0 fully saturated rings. The van der Waals surface area contributed by atoms with Crippen molar-refractivity contribution in [3.05, 3.63) is 78.4 Å². The molecular formula is C18H16N2O3. The number of carbonyl (C=O) groups excluding carboxylic acids is 1. The van der Waals surface area contributed by atoms with Crippen molar-refractivity contribution in [2.75, 3.05) is 0 Å². The third-order valence-electron chi connectivity index (χ3n) is 3.34. The molecule has 1 aromatic heterocycles. The van der Waals surface area contributed by atoms with Gasteiger partial charge in [0.15, 0.2) is 6.04 Å². The van der Waals surface area contributed by atoms with E-state index in [1.165, 1.54) is 6.26 Å². The third-order valence-corrected chi connectivity index (χ3v) is 3.34. The number of ether oxygens (including phenoxy) is 1. The van der Waals surface area contributed by atoms with Crippen molar-refractivity contribution >= 4 is 5.97 Å². The highest BCUT2D eigenvalue weighted by molar-refractivity contribution is 5.76. The standard InChI is InChI=1S/C18H16N2O3/c19-16(18(21)23-11-13-7-3-1-4-8-13)17-20-15(12-22-17)14-9-5-2-6-10-14/h1-10,12,16H,11,19H2. The Morgan fingerprint density at radius 2 is 1.74 bits per heavy atom. The minimum Gasteiger partial charge on any atom is -0.459 e. The van der Waals surface area contributed by atoms with Crippen LogP contribution in [-0.4, -0.2) is 11.0 Å². The maximum Gasteiger partial charge on any atom is 0.332 e. The number of benzene rings is 2. The quantitative estimate of drug-likeness (QED) is 0.733. The Labute approximate surface area is 133 Å². The summed E-state index contributed by atoms with van der Waals surface area (Å²) >= 11 is 0. The van der Waals surface area contributed by atoms with Crippen LogP contribution in [0.25, 0.3) is 11.3 Å². The Morgan fingerprint density at radius 3 is 2.43 bits per heavy atom. The highest BCUT2D eigenvalue weighted by Gasteiger charge is 2.23. The molecule has 116 valence electrons. The first kappa shape index (κ1) is 15.0. The van der Waals surface area contributed by atoms with Gasteiger partial charge in [0.25, 0.3) is 0 Å². The summed E-state index contributed by atoms with van der Waals surface area (Å²) in [5, 5.41) is 0. The lowest BCUT2D eigenvalue weighted by Crippen LogP contribution is -2.24. The maximum absolute atomic E-state index is 12.0. The molecule has 5 heteroatoms. The first-order valence-electron chi connectivity index (χ1n) is 7.21. The van der Waals surface area contributed by atoms with Crippen LogP contribution < -0.4 is 5.73 Å². The summed E-state index contributed by atoms with van der Waals surface area (Å²) in [5.41, 5.74) is 8.28. The average Bonchev–Trinajstić information content (AvgIpc) is 3.11. The minimum absolute atomic E-state index is 0.141. The number of nitrogens with zero attached hydrogens (tertiary/aromatic N) is 1. The second-order valence-electron chi connectivity index (χ2n) is 5.01. The molecule has 3 aromatic rings. The molecule has 0 aliphatic rings. The fourth-order valence-electron chi connectivity index (χ4n) is 2.09. The van der Waals surface area contributed by atoms with Crippen LogP contribution in [0.5, 0.6) is 0 Å². The zero-order valence-electron chi connectivity index (χ0n) is 12.4. The van der Waals surface area contributed by atoms with E-state index in [1.807, 2.05) is 60.7 Å². The molecule has 0 radical (unpaired) electrons. The Hall–Kier alpha value is -2.92. The van der Waals surface area contributed by atoms with Crippen LogP contribution in [-0.2, 0) is 16.1 Å². The Balaban J connectivity index is 1.65. The third kappa shape index (κ3) is 3.64. The van der Waals surface area contributed by atoms with E-state index in [0.717, 1.165) is 11.1 Å². The van der Waals surface area contributed by atoms with Crippen LogP contribution in [0.2, 0.25) is 0 Å².